The molecule has 1 amide bonds. The maximum absolute atomic E-state index is 12.7. The van der Waals surface area contributed by atoms with Crippen LogP contribution in [0, 0.1) is 12.3 Å². The van der Waals surface area contributed by atoms with Crippen LogP contribution >= 0.6 is 22.7 Å². The highest BCUT2D eigenvalue weighted by Gasteiger charge is 2.42. The van der Waals surface area contributed by atoms with Crippen LogP contribution in [0.25, 0.3) is 0 Å². The summed E-state index contributed by atoms with van der Waals surface area (Å²) in [5, 5.41) is 1.99. The molecule has 1 spiro atoms. The van der Waals surface area contributed by atoms with Crippen molar-refractivity contribution in [2.45, 2.75) is 32.7 Å². The molecule has 0 aromatic carbocycles. The SMILES string of the molecule is Cc1ccc(CN2CC[C@@]3(CCCN(C(=O)c4cccs4)C3)C2)s1. The maximum Gasteiger partial charge on any atom is 0.263 e. The van der Waals surface area contributed by atoms with Crippen LogP contribution in [0.4, 0.5) is 0 Å². The zero-order valence-corrected chi connectivity index (χ0v) is 15.8. The van der Waals surface area contributed by atoms with Crippen molar-refractivity contribution in [1.82, 2.24) is 9.80 Å². The first kappa shape index (κ1) is 16.3. The van der Waals surface area contributed by atoms with Crippen LogP contribution in [0.5, 0.6) is 0 Å². The Labute approximate surface area is 151 Å². The number of amides is 1. The Bertz CT molecular complexity index is 709. The van der Waals surface area contributed by atoms with Crippen molar-refractivity contribution in [3.05, 3.63) is 44.3 Å². The number of carbonyl (C=O) groups is 1. The topological polar surface area (TPSA) is 23.6 Å². The van der Waals surface area contributed by atoms with Crippen LogP contribution in [-0.4, -0.2) is 41.9 Å². The second kappa shape index (κ2) is 6.62. The Morgan fingerprint density at radius 2 is 2.12 bits per heavy atom. The lowest BCUT2D eigenvalue weighted by atomic mass is 9.79. The van der Waals surface area contributed by atoms with Gasteiger partial charge >= 0.3 is 0 Å². The highest BCUT2D eigenvalue weighted by Crippen LogP contribution is 2.40. The van der Waals surface area contributed by atoms with Gasteiger partial charge in [0.2, 0.25) is 0 Å². The number of aryl methyl sites for hydroxylation is 1. The second-order valence-corrected chi connectivity index (χ2v) is 9.60. The monoisotopic (exact) mass is 360 g/mol. The summed E-state index contributed by atoms with van der Waals surface area (Å²) in [4.78, 5) is 21.1. The Kier molecular flexibility index (Phi) is 4.50. The Morgan fingerprint density at radius 1 is 1.21 bits per heavy atom. The van der Waals surface area contributed by atoms with Gasteiger partial charge in [-0.05, 0) is 56.3 Å². The molecule has 0 bridgehead atoms. The van der Waals surface area contributed by atoms with E-state index in [-0.39, 0.29) is 5.91 Å². The predicted molar refractivity (Wildman–Crippen MR) is 101 cm³/mol. The lowest BCUT2D eigenvalue weighted by Crippen LogP contribution is -2.47. The lowest BCUT2D eigenvalue weighted by Gasteiger charge is -2.40. The van der Waals surface area contributed by atoms with Crippen LogP contribution in [0.15, 0.2) is 29.6 Å². The number of likely N-dealkylation sites (tertiary alicyclic amines) is 2. The molecule has 3 nitrogen and oxygen atoms in total. The molecule has 2 saturated heterocycles. The van der Waals surface area contributed by atoms with E-state index in [9.17, 15) is 4.79 Å². The molecule has 4 rings (SSSR count). The van der Waals surface area contributed by atoms with Gasteiger partial charge in [-0.15, -0.1) is 22.7 Å². The molecule has 2 fully saturated rings. The molecule has 2 aliphatic rings. The van der Waals surface area contributed by atoms with E-state index in [0.29, 0.717) is 5.41 Å². The van der Waals surface area contributed by atoms with Crippen molar-refractivity contribution in [2.75, 3.05) is 26.2 Å². The summed E-state index contributed by atoms with van der Waals surface area (Å²) < 4.78 is 0. The average Bonchev–Trinajstić information content (AvgIpc) is 3.30. The van der Waals surface area contributed by atoms with Crippen LogP contribution in [0.3, 0.4) is 0 Å². The van der Waals surface area contributed by atoms with E-state index >= 15 is 0 Å². The van der Waals surface area contributed by atoms with Crippen molar-refractivity contribution in [3.63, 3.8) is 0 Å². The summed E-state index contributed by atoms with van der Waals surface area (Å²) in [6.45, 7) is 7.40. The third-order valence-corrected chi connectivity index (χ3v) is 7.22. The minimum absolute atomic E-state index is 0.233. The summed E-state index contributed by atoms with van der Waals surface area (Å²) in [5.41, 5.74) is 0.317. The highest BCUT2D eigenvalue weighted by atomic mass is 32.1. The number of piperidine rings is 1. The summed E-state index contributed by atoms with van der Waals surface area (Å²) in [5.74, 6) is 0.233. The van der Waals surface area contributed by atoms with Crippen LogP contribution in [0.1, 0.15) is 38.7 Å². The molecule has 2 aromatic rings. The normalized spacial score (nSPS) is 24.8. The van der Waals surface area contributed by atoms with E-state index < -0.39 is 0 Å². The van der Waals surface area contributed by atoms with Crippen LogP contribution in [0.2, 0.25) is 0 Å². The van der Waals surface area contributed by atoms with E-state index in [4.69, 9.17) is 0 Å². The highest BCUT2D eigenvalue weighted by molar-refractivity contribution is 7.12. The van der Waals surface area contributed by atoms with Gasteiger partial charge in [0, 0.05) is 41.3 Å². The minimum atomic E-state index is 0.233. The molecule has 1 atom stereocenters. The Morgan fingerprint density at radius 3 is 2.88 bits per heavy atom. The van der Waals surface area contributed by atoms with E-state index in [1.165, 1.54) is 22.6 Å². The lowest BCUT2D eigenvalue weighted by molar-refractivity contribution is 0.0531. The zero-order valence-electron chi connectivity index (χ0n) is 14.2. The van der Waals surface area contributed by atoms with Crippen molar-refractivity contribution < 1.29 is 4.79 Å². The van der Waals surface area contributed by atoms with Gasteiger partial charge in [-0.25, -0.2) is 0 Å². The Hall–Kier alpha value is -1.17. The van der Waals surface area contributed by atoms with Gasteiger partial charge in [0.25, 0.3) is 5.91 Å². The second-order valence-electron chi connectivity index (χ2n) is 7.28. The van der Waals surface area contributed by atoms with Crippen molar-refractivity contribution in [3.8, 4) is 0 Å². The predicted octanol–water partition coefficient (Wildman–Crippen LogP) is 4.25. The number of carbonyl (C=O) groups excluding carboxylic acids is 1. The van der Waals surface area contributed by atoms with Crippen LogP contribution < -0.4 is 0 Å². The molecule has 128 valence electrons. The minimum Gasteiger partial charge on any atom is -0.337 e. The first-order chi connectivity index (χ1) is 11.6. The van der Waals surface area contributed by atoms with Gasteiger partial charge < -0.3 is 4.90 Å². The first-order valence-corrected chi connectivity index (χ1v) is 10.4. The number of nitrogens with zero attached hydrogens (tertiary/aromatic N) is 2. The molecule has 24 heavy (non-hydrogen) atoms. The molecule has 4 heterocycles. The number of rotatable bonds is 3. The molecule has 2 aromatic heterocycles. The summed E-state index contributed by atoms with van der Waals surface area (Å²) in [6.07, 6.45) is 3.63. The fourth-order valence-electron chi connectivity index (χ4n) is 4.22. The van der Waals surface area contributed by atoms with Crippen LogP contribution in [-0.2, 0) is 6.54 Å². The molecular formula is C19H24N2OS2. The van der Waals surface area contributed by atoms with E-state index in [1.807, 2.05) is 28.8 Å². The average molecular weight is 361 g/mol. The van der Waals surface area contributed by atoms with E-state index in [0.717, 1.165) is 44.0 Å². The van der Waals surface area contributed by atoms with Crippen molar-refractivity contribution in [1.29, 1.82) is 0 Å². The van der Waals surface area contributed by atoms with Gasteiger partial charge in [-0.1, -0.05) is 6.07 Å². The quantitative estimate of drug-likeness (QED) is 0.817. The summed E-state index contributed by atoms with van der Waals surface area (Å²) in [6, 6.07) is 8.40. The molecule has 0 saturated carbocycles. The standard InChI is InChI=1S/C19H24N2OS2/c1-15-5-6-16(24-15)12-20-10-8-19(13-20)7-3-9-21(14-19)18(22)17-4-2-11-23-17/h2,4-6,11H,3,7-10,12-14H2,1H3/t19-/m0/s1. The van der Waals surface area contributed by atoms with Crippen molar-refractivity contribution >= 4 is 28.6 Å². The maximum atomic E-state index is 12.7. The largest absolute Gasteiger partial charge is 0.337 e. The molecule has 0 radical (unpaired) electrons. The molecule has 2 aliphatic heterocycles. The molecule has 0 unspecified atom stereocenters. The van der Waals surface area contributed by atoms with E-state index in [2.05, 4.69) is 28.9 Å². The van der Waals surface area contributed by atoms with Gasteiger partial charge in [0.15, 0.2) is 0 Å². The third-order valence-electron chi connectivity index (χ3n) is 5.37. The number of hydrogen-bond donors (Lipinski definition) is 0. The molecular weight excluding hydrogens is 336 g/mol. The van der Waals surface area contributed by atoms with Gasteiger partial charge in [0.1, 0.15) is 0 Å². The molecule has 5 heteroatoms. The molecule has 0 N–H and O–H groups in total. The van der Waals surface area contributed by atoms with Gasteiger partial charge in [-0.2, -0.15) is 0 Å². The number of thiophene rings is 2. The van der Waals surface area contributed by atoms with Gasteiger partial charge in [-0.3, -0.25) is 9.69 Å². The third kappa shape index (κ3) is 3.30. The zero-order chi connectivity index (χ0) is 16.6. The van der Waals surface area contributed by atoms with Crippen molar-refractivity contribution in [2.24, 2.45) is 5.41 Å². The fourth-order valence-corrected chi connectivity index (χ4v) is 5.85. The first-order valence-electron chi connectivity index (χ1n) is 8.74. The molecule has 0 aliphatic carbocycles. The smallest absolute Gasteiger partial charge is 0.263 e. The summed E-state index contributed by atoms with van der Waals surface area (Å²) in [7, 11) is 0. The summed E-state index contributed by atoms with van der Waals surface area (Å²) >= 11 is 3.47. The Balaban J connectivity index is 1.41. The van der Waals surface area contributed by atoms with E-state index in [1.54, 1.807) is 11.3 Å². The number of hydrogen-bond acceptors (Lipinski definition) is 4. The van der Waals surface area contributed by atoms with Gasteiger partial charge in [0.05, 0.1) is 4.88 Å². The fraction of sp³-hybridized carbons (Fsp3) is 0.526.